The van der Waals surface area contributed by atoms with E-state index in [1.165, 1.54) is 6.20 Å². The van der Waals surface area contributed by atoms with E-state index in [1.54, 1.807) is 11.9 Å². The summed E-state index contributed by atoms with van der Waals surface area (Å²) in [6.07, 6.45) is 3.38. The van der Waals surface area contributed by atoms with Crippen LogP contribution in [-0.2, 0) is 4.74 Å². The first kappa shape index (κ1) is 13.0. The molecule has 2 heterocycles. The lowest BCUT2D eigenvalue weighted by atomic mass is 10.2. The molecule has 1 aliphatic heterocycles. The Bertz CT molecular complexity index is 454. The van der Waals surface area contributed by atoms with Gasteiger partial charge in [-0.05, 0) is 12.8 Å². The number of hydrogen-bond donors (Lipinski definition) is 1. The summed E-state index contributed by atoms with van der Waals surface area (Å²) in [4.78, 5) is 28.3. The molecule has 1 aliphatic rings. The molecule has 1 aromatic heterocycles. The highest BCUT2D eigenvalue weighted by molar-refractivity contribution is 7.15. The third-order valence-electron chi connectivity index (χ3n) is 2.75. The molecular weight excluding hydrogens is 256 g/mol. The van der Waals surface area contributed by atoms with E-state index < -0.39 is 5.97 Å². The molecule has 0 spiro atoms. The molecule has 1 aromatic rings. The van der Waals surface area contributed by atoms with Crippen molar-refractivity contribution in [3.63, 3.8) is 0 Å². The fourth-order valence-corrected chi connectivity index (χ4v) is 2.59. The summed E-state index contributed by atoms with van der Waals surface area (Å²) in [5.41, 5.74) is 0. The zero-order valence-electron chi connectivity index (χ0n) is 9.96. The molecule has 1 atom stereocenters. The molecule has 1 fully saturated rings. The number of aromatic nitrogens is 1. The van der Waals surface area contributed by atoms with Crippen LogP contribution in [-0.4, -0.2) is 53.2 Å². The van der Waals surface area contributed by atoms with Crippen molar-refractivity contribution in [2.24, 2.45) is 0 Å². The van der Waals surface area contributed by atoms with E-state index in [0.29, 0.717) is 11.4 Å². The zero-order chi connectivity index (χ0) is 13.1. The van der Waals surface area contributed by atoms with Crippen molar-refractivity contribution in [2.75, 3.05) is 20.2 Å². The van der Waals surface area contributed by atoms with E-state index >= 15 is 0 Å². The van der Waals surface area contributed by atoms with Gasteiger partial charge in [0.2, 0.25) is 5.01 Å². The molecular formula is C11H14N2O4S. The summed E-state index contributed by atoms with van der Waals surface area (Å²) < 4.78 is 5.45. The Morgan fingerprint density at radius 2 is 2.44 bits per heavy atom. The number of aromatic carboxylic acids is 1. The van der Waals surface area contributed by atoms with Gasteiger partial charge in [0.25, 0.3) is 5.91 Å². The maximum absolute atomic E-state index is 12.0. The number of carboxylic acids is 1. The van der Waals surface area contributed by atoms with Gasteiger partial charge in [-0.25, -0.2) is 9.78 Å². The highest BCUT2D eigenvalue weighted by atomic mass is 32.1. The van der Waals surface area contributed by atoms with Crippen LogP contribution in [0.1, 0.15) is 32.3 Å². The monoisotopic (exact) mass is 270 g/mol. The molecule has 0 aromatic carbocycles. The van der Waals surface area contributed by atoms with E-state index in [0.717, 1.165) is 30.8 Å². The van der Waals surface area contributed by atoms with Gasteiger partial charge in [-0.2, -0.15) is 0 Å². The van der Waals surface area contributed by atoms with Crippen LogP contribution in [0.2, 0.25) is 0 Å². The summed E-state index contributed by atoms with van der Waals surface area (Å²) in [5, 5.41) is 8.69. The van der Waals surface area contributed by atoms with Gasteiger partial charge in [0.1, 0.15) is 4.88 Å². The number of carbonyl (C=O) groups excluding carboxylic acids is 1. The van der Waals surface area contributed by atoms with E-state index in [2.05, 4.69) is 4.98 Å². The molecule has 2 rings (SSSR count). The molecule has 0 bridgehead atoms. The van der Waals surface area contributed by atoms with E-state index in [-0.39, 0.29) is 17.0 Å². The third-order valence-corrected chi connectivity index (χ3v) is 3.72. The third kappa shape index (κ3) is 2.85. The minimum Gasteiger partial charge on any atom is -0.476 e. The van der Waals surface area contributed by atoms with Gasteiger partial charge >= 0.3 is 5.97 Å². The fraction of sp³-hybridized carbons (Fsp3) is 0.545. The van der Waals surface area contributed by atoms with Crippen LogP contribution in [0.3, 0.4) is 0 Å². The van der Waals surface area contributed by atoms with Crippen molar-refractivity contribution >= 4 is 23.2 Å². The molecule has 98 valence electrons. The Labute approximate surface area is 108 Å². The molecule has 1 N–H and O–H groups in total. The van der Waals surface area contributed by atoms with Crippen molar-refractivity contribution in [3.8, 4) is 0 Å². The number of carboxylic acid groups (broad SMARTS) is 1. The van der Waals surface area contributed by atoms with E-state index in [4.69, 9.17) is 9.84 Å². The van der Waals surface area contributed by atoms with Gasteiger partial charge in [-0.15, -0.1) is 11.3 Å². The number of thiazole rings is 1. The average Bonchev–Trinajstić information content (AvgIpc) is 2.98. The number of rotatable bonds is 4. The lowest BCUT2D eigenvalue weighted by Crippen LogP contribution is -2.33. The Balaban J connectivity index is 1.98. The maximum atomic E-state index is 12.0. The van der Waals surface area contributed by atoms with Crippen molar-refractivity contribution < 1.29 is 19.4 Å². The molecule has 1 amide bonds. The van der Waals surface area contributed by atoms with Crippen molar-refractivity contribution in [1.82, 2.24) is 9.88 Å². The van der Waals surface area contributed by atoms with Crippen molar-refractivity contribution in [2.45, 2.75) is 18.9 Å². The SMILES string of the molecule is CN(CC1CCCO1)C(=O)c1cnc(C(=O)O)s1. The summed E-state index contributed by atoms with van der Waals surface area (Å²) in [5.74, 6) is -1.32. The van der Waals surface area contributed by atoms with Gasteiger partial charge in [0, 0.05) is 20.2 Å². The Morgan fingerprint density at radius 3 is 3.00 bits per heavy atom. The first-order valence-corrected chi connectivity index (χ1v) is 6.46. The predicted molar refractivity (Wildman–Crippen MR) is 65.0 cm³/mol. The highest BCUT2D eigenvalue weighted by Gasteiger charge is 2.22. The number of carbonyl (C=O) groups is 2. The van der Waals surface area contributed by atoms with Crippen LogP contribution in [0.4, 0.5) is 0 Å². The van der Waals surface area contributed by atoms with Gasteiger partial charge in [-0.3, -0.25) is 4.79 Å². The van der Waals surface area contributed by atoms with Crippen LogP contribution in [0.25, 0.3) is 0 Å². The first-order valence-electron chi connectivity index (χ1n) is 5.64. The Morgan fingerprint density at radius 1 is 1.67 bits per heavy atom. The molecule has 1 saturated heterocycles. The minimum absolute atomic E-state index is 0.0659. The molecule has 0 saturated carbocycles. The molecule has 6 nitrogen and oxygen atoms in total. The zero-order valence-corrected chi connectivity index (χ0v) is 10.8. The summed E-state index contributed by atoms with van der Waals surface area (Å²) in [6, 6.07) is 0. The van der Waals surface area contributed by atoms with Gasteiger partial charge in [-0.1, -0.05) is 0 Å². The molecule has 7 heteroatoms. The maximum Gasteiger partial charge on any atom is 0.365 e. The lowest BCUT2D eigenvalue weighted by molar-refractivity contribution is 0.0590. The smallest absolute Gasteiger partial charge is 0.365 e. The molecule has 18 heavy (non-hydrogen) atoms. The van der Waals surface area contributed by atoms with Gasteiger partial charge < -0.3 is 14.7 Å². The van der Waals surface area contributed by atoms with E-state index in [1.807, 2.05) is 0 Å². The Hall–Kier alpha value is -1.47. The predicted octanol–water partition coefficient (Wildman–Crippen LogP) is 1.09. The van der Waals surface area contributed by atoms with Crippen molar-refractivity contribution in [1.29, 1.82) is 0 Å². The number of hydrogen-bond acceptors (Lipinski definition) is 5. The second-order valence-electron chi connectivity index (χ2n) is 4.16. The largest absolute Gasteiger partial charge is 0.476 e. The molecule has 0 radical (unpaired) electrons. The summed E-state index contributed by atoms with van der Waals surface area (Å²) >= 11 is 0.893. The van der Waals surface area contributed by atoms with Crippen LogP contribution >= 0.6 is 11.3 Å². The topological polar surface area (TPSA) is 79.7 Å². The second kappa shape index (κ2) is 5.45. The van der Waals surface area contributed by atoms with Crippen LogP contribution in [0.5, 0.6) is 0 Å². The average molecular weight is 270 g/mol. The summed E-state index contributed by atoms with van der Waals surface area (Å²) in [6.45, 7) is 1.27. The normalized spacial score (nSPS) is 18.8. The van der Waals surface area contributed by atoms with Crippen LogP contribution < -0.4 is 0 Å². The van der Waals surface area contributed by atoms with Gasteiger partial charge in [0.15, 0.2) is 0 Å². The lowest BCUT2D eigenvalue weighted by Gasteiger charge is -2.19. The fourth-order valence-electron chi connectivity index (χ4n) is 1.84. The van der Waals surface area contributed by atoms with Crippen molar-refractivity contribution in [3.05, 3.63) is 16.1 Å². The summed E-state index contributed by atoms with van der Waals surface area (Å²) in [7, 11) is 1.68. The minimum atomic E-state index is -1.11. The van der Waals surface area contributed by atoms with Gasteiger partial charge in [0.05, 0.1) is 12.3 Å². The van der Waals surface area contributed by atoms with Crippen LogP contribution in [0.15, 0.2) is 6.20 Å². The number of ether oxygens (including phenoxy) is 1. The second-order valence-corrected chi connectivity index (χ2v) is 5.19. The van der Waals surface area contributed by atoms with E-state index in [9.17, 15) is 9.59 Å². The quantitative estimate of drug-likeness (QED) is 0.886. The Kier molecular flexibility index (Phi) is 3.93. The molecule has 0 aliphatic carbocycles. The standard InChI is InChI=1S/C11H14N2O4S/c1-13(6-7-3-2-4-17-7)10(14)8-5-12-9(18-8)11(15)16/h5,7H,2-4,6H2,1H3,(H,15,16). The highest BCUT2D eigenvalue weighted by Crippen LogP contribution is 2.17. The number of amides is 1. The molecule has 1 unspecified atom stereocenters. The number of likely N-dealkylation sites (N-methyl/N-ethyl adjacent to an activating group) is 1. The van der Waals surface area contributed by atoms with Crippen LogP contribution in [0, 0.1) is 0 Å². The first-order chi connectivity index (χ1) is 8.58. The number of nitrogens with zero attached hydrogens (tertiary/aromatic N) is 2.